The Morgan fingerprint density at radius 2 is 1.92 bits per heavy atom. The fourth-order valence-corrected chi connectivity index (χ4v) is 1.67. The molecule has 0 amide bonds. The maximum atomic E-state index is 9.05. The molecule has 0 aliphatic heterocycles. The number of aliphatic hydroxyl groups excluding tert-OH is 2. The normalized spacial score (nSPS) is 12.8. The van der Waals surface area contributed by atoms with Crippen LogP contribution in [0.25, 0.3) is 0 Å². The molecule has 1 aromatic rings. The Balaban J connectivity index is 2.49. The van der Waals surface area contributed by atoms with Crippen LogP contribution in [0.1, 0.15) is 12.5 Å². The van der Waals surface area contributed by atoms with Crippen molar-refractivity contribution in [2.45, 2.75) is 24.5 Å². The highest BCUT2D eigenvalue weighted by Crippen LogP contribution is 2.19. The average Bonchev–Trinajstić information content (AvgIpc) is 2.15. The summed E-state index contributed by atoms with van der Waals surface area (Å²) in [6.45, 7) is 1.86. The van der Waals surface area contributed by atoms with Gasteiger partial charge in [0.25, 0.3) is 0 Å². The first kappa shape index (κ1) is 10.6. The standard InChI is InChI=1S/C10H14O2S/c1-8(12)7-13-10-4-2-9(6-11)3-5-10/h2-5,8,11-12H,6-7H2,1H3/t8-/m1/s1. The summed E-state index contributed by atoms with van der Waals surface area (Å²) in [5, 5.41) is 17.9. The topological polar surface area (TPSA) is 40.5 Å². The molecular formula is C10H14O2S. The average molecular weight is 198 g/mol. The van der Waals surface area contributed by atoms with Crippen molar-refractivity contribution in [1.29, 1.82) is 0 Å². The Morgan fingerprint density at radius 3 is 2.38 bits per heavy atom. The van der Waals surface area contributed by atoms with Crippen molar-refractivity contribution in [3.05, 3.63) is 29.8 Å². The van der Waals surface area contributed by atoms with Crippen LogP contribution in [0.5, 0.6) is 0 Å². The van der Waals surface area contributed by atoms with E-state index >= 15 is 0 Å². The maximum absolute atomic E-state index is 9.05. The summed E-state index contributed by atoms with van der Waals surface area (Å²) in [6.07, 6.45) is -0.275. The summed E-state index contributed by atoms with van der Waals surface area (Å²) in [4.78, 5) is 1.12. The minimum absolute atomic E-state index is 0.0847. The molecule has 0 spiro atoms. The molecule has 1 atom stereocenters. The van der Waals surface area contributed by atoms with Crippen molar-refractivity contribution in [1.82, 2.24) is 0 Å². The van der Waals surface area contributed by atoms with Crippen LogP contribution in [0.15, 0.2) is 29.2 Å². The number of aliphatic hydroxyl groups is 2. The van der Waals surface area contributed by atoms with Crippen LogP contribution in [-0.2, 0) is 6.61 Å². The molecule has 0 saturated carbocycles. The zero-order valence-corrected chi connectivity index (χ0v) is 8.42. The quantitative estimate of drug-likeness (QED) is 0.723. The summed E-state index contributed by atoms with van der Waals surface area (Å²) < 4.78 is 0. The Labute approximate surface area is 82.6 Å². The molecule has 72 valence electrons. The highest BCUT2D eigenvalue weighted by Gasteiger charge is 1.98. The Kier molecular flexibility index (Phi) is 4.28. The van der Waals surface area contributed by atoms with Gasteiger partial charge in [-0.15, -0.1) is 11.8 Å². The van der Waals surface area contributed by atoms with Crippen molar-refractivity contribution in [3.8, 4) is 0 Å². The number of benzene rings is 1. The fraction of sp³-hybridized carbons (Fsp3) is 0.400. The van der Waals surface area contributed by atoms with Gasteiger partial charge in [0.15, 0.2) is 0 Å². The third-order valence-electron chi connectivity index (χ3n) is 1.60. The molecule has 0 bridgehead atoms. The maximum Gasteiger partial charge on any atom is 0.0681 e. The van der Waals surface area contributed by atoms with Crippen molar-refractivity contribution < 1.29 is 10.2 Å². The SMILES string of the molecule is C[C@@H](O)CSc1ccc(CO)cc1. The van der Waals surface area contributed by atoms with Crippen LogP contribution in [-0.4, -0.2) is 22.1 Å². The molecule has 0 saturated heterocycles. The number of thioether (sulfide) groups is 1. The molecule has 2 N–H and O–H groups in total. The van der Waals surface area contributed by atoms with Gasteiger partial charge in [0.05, 0.1) is 12.7 Å². The lowest BCUT2D eigenvalue weighted by molar-refractivity contribution is 0.220. The van der Waals surface area contributed by atoms with E-state index in [0.29, 0.717) is 5.75 Å². The van der Waals surface area contributed by atoms with Gasteiger partial charge in [-0.2, -0.15) is 0 Å². The molecule has 3 heteroatoms. The minimum atomic E-state index is -0.275. The minimum Gasteiger partial charge on any atom is -0.393 e. The van der Waals surface area contributed by atoms with E-state index in [0.717, 1.165) is 10.5 Å². The number of rotatable bonds is 4. The molecule has 0 aromatic heterocycles. The molecule has 1 rings (SSSR count). The largest absolute Gasteiger partial charge is 0.393 e. The highest BCUT2D eigenvalue weighted by atomic mass is 32.2. The van der Waals surface area contributed by atoms with Crippen LogP contribution in [0.2, 0.25) is 0 Å². The third-order valence-corrected chi connectivity index (χ3v) is 2.85. The van der Waals surface area contributed by atoms with E-state index in [2.05, 4.69) is 0 Å². The van der Waals surface area contributed by atoms with Crippen molar-refractivity contribution in [2.24, 2.45) is 0 Å². The molecule has 1 aromatic carbocycles. The molecule has 0 radical (unpaired) electrons. The number of hydrogen-bond donors (Lipinski definition) is 2. The van der Waals surface area contributed by atoms with E-state index in [1.807, 2.05) is 24.3 Å². The molecular weight excluding hydrogens is 184 g/mol. The van der Waals surface area contributed by atoms with E-state index in [1.54, 1.807) is 18.7 Å². The van der Waals surface area contributed by atoms with E-state index < -0.39 is 0 Å². The summed E-state index contributed by atoms with van der Waals surface area (Å²) in [6, 6.07) is 7.70. The zero-order chi connectivity index (χ0) is 9.68. The van der Waals surface area contributed by atoms with E-state index in [4.69, 9.17) is 10.2 Å². The summed E-state index contributed by atoms with van der Waals surface area (Å²) in [5.41, 5.74) is 0.918. The van der Waals surface area contributed by atoms with Crippen LogP contribution < -0.4 is 0 Å². The van der Waals surface area contributed by atoms with Crippen LogP contribution >= 0.6 is 11.8 Å². The molecule has 0 aliphatic carbocycles. The second kappa shape index (κ2) is 5.27. The highest BCUT2D eigenvalue weighted by molar-refractivity contribution is 7.99. The molecule has 2 nitrogen and oxygen atoms in total. The summed E-state index contributed by atoms with van der Waals surface area (Å²) >= 11 is 1.62. The molecule has 0 aliphatic rings. The van der Waals surface area contributed by atoms with E-state index in [9.17, 15) is 0 Å². The van der Waals surface area contributed by atoms with Crippen LogP contribution in [0.3, 0.4) is 0 Å². The summed E-state index contributed by atoms with van der Waals surface area (Å²) in [7, 11) is 0. The lowest BCUT2D eigenvalue weighted by Gasteiger charge is -2.04. The van der Waals surface area contributed by atoms with Crippen molar-refractivity contribution in [2.75, 3.05) is 5.75 Å². The number of hydrogen-bond acceptors (Lipinski definition) is 3. The smallest absolute Gasteiger partial charge is 0.0681 e. The predicted molar refractivity (Wildman–Crippen MR) is 54.8 cm³/mol. The van der Waals surface area contributed by atoms with Crippen molar-refractivity contribution >= 4 is 11.8 Å². The van der Waals surface area contributed by atoms with E-state index in [-0.39, 0.29) is 12.7 Å². The Bertz CT molecular complexity index is 244. The Hall–Kier alpha value is -0.510. The van der Waals surface area contributed by atoms with Gasteiger partial charge in [-0.25, -0.2) is 0 Å². The third kappa shape index (κ3) is 3.81. The predicted octanol–water partition coefficient (Wildman–Crippen LogP) is 1.65. The van der Waals surface area contributed by atoms with Gasteiger partial charge in [-0.1, -0.05) is 12.1 Å². The molecule has 0 heterocycles. The van der Waals surface area contributed by atoms with Gasteiger partial charge in [0, 0.05) is 10.6 Å². The first-order valence-electron chi connectivity index (χ1n) is 4.23. The molecule has 0 fully saturated rings. The van der Waals surface area contributed by atoms with Gasteiger partial charge in [-0.05, 0) is 24.6 Å². The first-order chi connectivity index (χ1) is 6.22. The van der Waals surface area contributed by atoms with Crippen LogP contribution in [0, 0.1) is 0 Å². The van der Waals surface area contributed by atoms with Gasteiger partial charge in [-0.3, -0.25) is 0 Å². The fourth-order valence-electron chi connectivity index (χ4n) is 0.908. The van der Waals surface area contributed by atoms with Gasteiger partial charge < -0.3 is 10.2 Å². The van der Waals surface area contributed by atoms with Crippen LogP contribution in [0.4, 0.5) is 0 Å². The van der Waals surface area contributed by atoms with Gasteiger partial charge in [0.1, 0.15) is 0 Å². The summed E-state index contributed by atoms with van der Waals surface area (Å²) in [5.74, 6) is 0.707. The first-order valence-corrected chi connectivity index (χ1v) is 5.21. The Morgan fingerprint density at radius 1 is 1.31 bits per heavy atom. The lowest BCUT2D eigenvalue weighted by atomic mass is 10.2. The second-order valence-electron chi connectivity index (χ2n) is 2.96. The van der Waals surface area contributed by atoms with E-state index in [1.165, 1.54) is 0 Å². The van der Waals surface area contributed by atoms with Gasteiger partial charge in [0.2, 0.25) is 0 Å². The molecule has 13 heavy (non-hydrogen) atoms. The molecule has 0 unspecified atom stereocenters. The lowest BCUT2D eigenvalue weighted by Crippen LogP contribution is -2.02. The zero-order valence-electron chi connectivity index (χ0n) is 7.60. The second-order valence-corrected chi connectivity index (χ2v) is 4.06. The monoisotopic (exact) mass is 198 g/mol. The van der Waals surface area contributed by atoms with Crippen molar-refractivity contribution in [3.63, 3.8) is 0 Å². The van der Waals surface area contributed by atoms with Gasteiger partial charge >= 0.3 is 0 Å².